The van der Waals surface area contributed by atoms with E-state index in [0.29, 0.717) is 5.75 Å². The summed E-state index contributed by atoms with van der Waals surface area (Å²) < 4.78 is 13.7. The van der Waals surface area contributed by atoms with Gasteiger partial charge < -0.3 is 10.0 Å². The fourth-order valence-electron chi connectivity index (χ4n) is 1.50. The summed E-state index contributed by atoms with van der Waals surface area (Å²) in [4.78, 5) is 16.9. The van der Waals surface area contributed by atoms with Crippen LogP contribution in [0.25, 0.3) is 0 Å². The zero-order valence-electron chi connectivity index (χ0n) is 10.5. The van der Waals surface area contributed by atoms with Crippen molar-refractivity contribution >= 4 is 17.7 Å². The first-order valence-corrected chi connectivity index (χ1v) is 6.81. The molecule has 0 aliphatic heterocycles. The van der Waals surface area contributed by atoms with Crippen molar-refractivity contribution in [1.82, 2.24) is 9.88 Å². The zero-order valence-corrected chi connectivity index (χ0v) is 11.3. The third kappa shape index (κ3) is 3.96. The first kappa shape index (κ1) is 14.9. The Morgan fingerprint density at radius 2 is 2.17 bits per heavy atom. The summed E-state index contributed by atoms with van der Waals surface area (Å²) in [6.07, 6.45) is 1.33. The van der Waals surface area contributed by atoms with Gasteiger partial charge in [0, 0.05) is 18.5 Å². The lowest BCUT2D eigenvalue weighted by Crippen LogP contribution is -2.25. The van der Waals surface area contributed by atoms with Crippen LogP contribution in [0.4, 0.5) is 4.39 Å². The number of hydrogen-bond acceptors (Lipinski definition) is 4. The Morgan fingerprint density at radius 3 is 2.72 bits per heavy atom. The van der Waals surface area contributed by atoms with Crippen molar-refractivity contribution in [3.8, 4) is 0 Å². The highest BCUT2D eigenvalue weighted by atomic mass is 32.2. The maximum atomic E-state index is 13.7. The van der Waals surface area contributed by atoms with E-state index in [-0.39, 0.29) is 10.6 Å². The number of carbonyl (C=O) groups is 1. The van der Waals surface area contributed by atoms with Crippen LogP contribution in [0, 0.1) is 5.82 Å². The van der Waals surface area contributed by atoms with Gasteiger partial charge in [0.2, 0.25) is 0 Å². The molecular weight excluding hydrogens is 255 g/mol. The van der Waals surface area contributed by atoms with Crippen LogP contribution in [0.1, 0.15) is 24.2 Å². The Bertz CT molecular complexity index is 411. The lowest BCUT2D eigenvalue weighted by atomic mass is 10.3. The van der Waals surface area contributed by atoms with Crippen molar-refractivity contribution in [2.75, 3.05) is 25.4 Å². The Kier molecular flexibility index (Phi) is 6.07. The summed E-state index contributed by atoms with van der Waals surface area (Å²) in [5.41, 5.74) is -0.324. The number of carboxylic acid groups (broad SMARTS) is 1. The van der Waals surface area contributed by atoms with Gasteiger partial charge in [0.1, 0.15) is 5.03 Å². The Hall–Kier alpha value is -1.14. The molecule has 1 N–H and O–H groups in total. The molecule has 0 aliphatic carbocycles. The fourth-order valence-corrected chi connectivity index (χ4v) is 2.42. The van der Waals surface area contributed by atoms with Crippen LogP contribution in [0.5, 0.6) is 0 Å². The number of aromatic nitrogens is 1. The quantitative estimate of drug-likeness (QED) is 0.772. The molecule has 100 valence electrons. The van der Waals surface area contributed by atoms with E-state index in [0.717, 1.165) is 19.6 Å². The van der Waals surface area contributed by atoms with E-state index in [1.165, 1.54) is 24.0 Å². The highest BCUT2D eigenvalue weighted by molar-refractivity contribution is 7.99. The number of nitrogens with zero attached hydrogens (tertiary/aromatic N) is 2. The van der Waals surface area contributed by atoms with Crippen LogP contribution in [0.15, 0.2) is 17.3 Å². The summed E-state index contributed by atoms with van der Waals surface area (Å²) in [5, 5.41) is 8.95. The van der Waals surface area contributed by atoms with E-state index in [2.05, 4.69) is 23.7 Å². The third-order valence-corrected chi connectivity index (χ3v) is 3.57. The first-order chi connectivity index (χ1) is 8.60. The van der Waals surface area contributed by atoms with Gasteiger partial charge in [0.25, 0.3) is 0 Å². The molecule has 4 nitrogen and oxygen atoms in total. The van der Waals surface area contributed by atoms with Gasteiger partial charge in [-0.1, -0.05) is 13.8 Å². The van der Waals surface area contributed by atoms with Crippen LogP contribution >= 0.6 is 11.8 Å². The molecule has 0 fully saturated rings. The molecule has 18 heavy (non-hydrogen) atoms. The van der Waals surface area contributed by atoms with Crippen LogP contribution in [-0.2, 0) is 0 Å². The minimum Gasteiger partial charge on any atom is -0.478 e. The fraction of sp³-hybridized carbons (Fsp3) is 0.500. The second-order valence-electron chi connectivity index (χ2n) is 3.66. The monoisotopic (exact) mass is 272 g/mol. The third-order valence-electron chi connectivity index (χ3n) is 2.63. The van der Waals surface area contributed by atoms with Crippen molar-refractivity contribution in [2.45, 2.75) is 18.9 Å². The predicted octanol–water partition coefficient (Wildman–Crippen LogP) is 2.35. The van der Waals surface area contributed by atoms with Gasteiger partial charge >= 0.3 is 5.97 Å². The summed E-state index contributed by atoms with van der Waals surface area (Å²) >= 11 is 1.25. The molecule has 1 aromatic heterocycles. The van der Waals surface area contributed by atoms with Crippen LogP contribution in [0.3, 0.4) is 0 Å². The van der Waals surface area contributed by atoms with Crippen molar-refractivity contribution < 1.29 is 14.3 Å². The number of pyridine rings is 1. The van der Waals surface area contributed by atoms with E-state index < -0.39 is 11.8 Å². The van der Waals surface area contributed by atoms with Crippen LogP contribution < -0.4 is 0 Å². The number of aromatic carboxylic acids is 1. The van der Waals surface area contributed by atoms with Gasteiger partial charge in [-0.3, -0.25) is 0 Å². The molecule has 0 amide bonds. The second-order valence-corrected chi connectivity index (χ2v) is 4.74. The normalized spacial score (nSPS) is 10.9. The van der Waals surface area contributed by atoms with Gasteiger partial charge in [0.05, 0.1) is 5.56 Å². The predicted molar refractivity (Wildman–Crippen MR) is 69.7 cm³/mol. The lowest BCUT2D eigenvalue weighted by molar-refractivity contribution is 0.0691. The first-order valence-electron chi connectivity index (χ1n) is 5.83. The molecule has 1 aromatic rings. The van der Waals surface area contributed by atoms with E-state index in [1.807, 2.05) is 0 Å². The molecule has 0 spiro atoms. The molecule has 0 saturated carbocycles. The van der Waals surface area contributed by atoms with Gasteiger partial charge in [0.15, 0.2) is 5.82 Å². The molecule has 0 aromatic carbocycles. The smallest absolute Gasteiger partial charge is 0.338 e. The maximum absolute atomic E-state index is 13.7. The number of carboxylic acids is 1. The molecular formula is C12H17FN2O2S. The maximum Gasteiger partial charge on any atom is 0.338 e. The summed E-state index contributed by atoms with van der Waals surface area (Å²) in [7, 11) is 0. The summed E-state index contributed by atoms with van der Waals surface area (Å²) in [5.74, 6) is -1.32. The standard InChI is InChI=1S/C12H17FN2O2S/c1-3-15(4-2)7-8-18-11-10(13)9(12(16)17)5-6-14-11/h5-6H,3-4,7-8H2,1-2H3,(H,16,17). The number of rotatable bonds is 7. The molecule has 1 heterocycles. The van der Waals surface area contributed by atoms with Crippen molar-refractivity contribution in [3.63, 3.8) is 0 Å². The highest BCUT2D eigenvalue weighted by Crippen LogP contribution is 2.21. The van der Waals surface area contributed by atoms with Gasteiger partial charge in [-0.05, 0) is 19.2 Å². The van der Waals surface area contributed by atoms with Crippen LogP contribution in [-0.4, -0.2) is 46.3 Å². The van der Waals surface area contributed by atoms with E-state index in [1.54, 1.807) is 0 Å². The largest absolute Gasteiger partial charge is 0.478 e. The van der Waals surface area contributed by atoms with Crippen molar-refractivity contribution in [1.29, 1.82) is 0 Å². The van der Waals surface area contributed by atoms with E-state index >= 15 is 0 Å². The van der Waals surface area contributed by atoms with Gasteiger partial charge in [-0.2, -0.15) is 0 Å². The Labute approximate surface area is 110 Å². The molecule has 0 unspecified atom stereocenters. The number of thioether (sulfide) groups is 1. The SMILES string of the molecule is CCN(CC)CCSc1nccc(C(=O)O)c1F. The van der Waals surface area contributed by atoms with Crippen LogP contribution in [0.2, 0.25) is 0 Å². The molecule has 0 radical (unpaired) electrons. The molecule has 1 rings (SSSR count). The highest BCUT2D eigenvalue weighted by Gasteiger charge is 2.15. The summed E-state index contributed by atoms with van der Waals surface area (Å²) in [6, 6.07) is 1.17. The average Bonchev–Trinajstić information content (AvgIpc) is 2.36. The molecule has 0 saturated heterocycles. The molecule has 0 aliphatic rings. The van der Waals surface area contributed by atoms with E-state index in [9.17, 15) is 9.18 Å². The summed E-state index contributed by atoms with van der Waals surface area (Å²) in [6.45, 7) is 6.86. The number of halogens is 1. The minimum absolute atomic E-state index is 0.155. The topological polar surface area (TPSA) is 53.4 Å². The van der Waals surface area contributed by atoms with Gasteiger partial charge in [-0.25, -0.2) is 14.2 Å². The zero-order chi connectivity index (χ0) is 13.5. The lowest BCUT2D eigenvalue weighted by Gasteiger charge is -2.17. The van der Waals surface area contributed by atoms with Crippen molar-refractivity contribution in [3.05, 3.63) is 23.6 Å². The van der Waals surface area contributed by atoms with Crippen molar-refractivity contribution in [2.24, 2.45) is 0 Å². The Morgan fingerprint density at radius 1 is 1.50 bits per heavy atom. The van der Waals surface area contributed by atoms with E-state index in [4.69, 9.17) is 5.11 Å². The molecule has 0 atom stereocenters. The molecule has 6 heteroatoms. The van der Waals surface area contributed by atoms with Gasteiger partial charge in [-0.15, -0.1) is 11.8 Å². The Balaban J connectivity index is 2.63. The second kappa shape index (κ2) is 7.33. The number of hydrogen-bond donors (Lipinski definition) is 1. The molecule has 0 bridgehead atoms. The average molecular weight is 272 g/mol. The minimum atomic E-state index is -1.26.